The van der Waals surface area contributed by atoms with Gasteiger partial charge in [-0.2, -0.15) is 0 Å². The highest BCUT2D eigenvalue weighted by Gasteiger charge is 2.11. The Morgan fingerprint density at radius 2 is 2.25 bits per heavy atom. The Labute approximate surface area is 122 Å². The highest BCUT2D eigenvalue weighted by atomic mass is 35.5. The Kier molecular flexibility index (Phi) is 3.53. The number of hydrogen-bond donors (Lipinski definition) is 3. The molecule has 1 unspecified atom stereocenters. The van der Waals surface area contributed by atoms with E-state index >= 15 is 0 Å². The Hall–Kier alpha value is -1.75. The fourth-order valence-corrected chi connectivity index (χ4v) is 2.55. The molecule has 1 aromatic carbocycles. The average molecular weight is 290 g/mol. The number of aromatic nitrogens is 1. The van der Waals surface area contributed by atoms with E-state index in [0.29, 0.717) is 0 Å². The predicted octanol–water partition coefficient (Wildman–Crippen LogP) is 2.20. The second kappa shape index (κ2) is 5.32. The third-order valence-corrected chi connectivity index (χ3v) is 3.64. The fourth-order valence-electron chi connectivity index (χ4n) is 2.38. The molecule has 3 rings (SSSR count). The zero-order valence-corrected chi connectivity index (χ0v) is 11.9. The van der Waals surface area contributed by atoms with Gasteiger partial charge >= 0.3 is 0 Å². The molecule has 104 valence electrons. The number of allylic oxidation sites excluding steroid dienone is 1. The van der Waals surface area contributed by atoms with Crippen LogP contribution in [0.3, 0.4) is 0 Å². The molecule has 0 saturated heterocycles. The van der Waals surface area contributed by atoms with E-state index in [-0.39, 0.29) is 12.6 Å². The molecule has 0 fully saturated rings. The highest BCUT2D eigenvalue weighted by Crippen LogP contribution is 2.25. The molecule has 3 N–H and O–H groups in total. The van der Waals surface area contributed by atoms with Gasteiger partial charge in [-0.05, 0) is 30.4 Å². The summed E-state index contributed by atoms with van der Waals surface area (Å²) in [5.74, 6) is 0. The molecule has 5 heteroatoms. The summed E-state index contributed by atoms with van der Waals surface area (Å²) < 4.78 is 2.08. The van der Waals surface area contributed by atoms with Gasteiger partial charge in [0.05, 0.1) is 12.6 Å². The first-order valence-electron chi connectivity index (χ1n) is 6.44. The monoisotopic (exact) mass is 289 g/mol. The van der Waals surface area contributed by atoms with Crippen molar-refractivity contribution in [3.05, 3.63) is 52.8 Å². The van der Waals surface area contributed by atoms with Crippen molar-refractivity contribution >= 4 is 28.6 Å². The predicted molar refractivity (Wildman–Crippen MR) is 82.2 cm³/mol. The number of rotatable bonds is 3. The lowest BCUT2D eigenvalue weighted by Gasteiger charge is -2.02. The second-order valence-electron chi connectivity index (χ2n) is 4.87. The lowest BCUT2D eigenvalue weighted by molar-refractivity contribution is 0.265. The largest absolute Gasteiger partial charge is 0.394 e. The number of aliphatic hydroxyl groups is 1. The minimum absolute atomic E-state index is 0.0309. The normalized spacial score (nSPS) is 18.8. The summed E-state index contributed by atoms with van der Waals surface area (Å²) in [5, 5.41) is 10.9. The number of hydrogen-bond acceptors (Lipinski definition) is 3. The van der Waals surface area contributed by atoms with Crippen LogP contribution in [0.2, 0.25) is 5.02 Å². The molecule has 1 aliphatic rings. The Bertz CT molecular complexity index is 702. The first kappa shape index (κ1) is 13.2. The standard InChI is InChI=1S/C15H16ClN3O/c1-19-8-10(14-6-11(16)3-5-15(14)19)2-4-12-7-13(9-20)18-17-12/h2-8,13,17-18,20H,9H2,1H3/b4-2+. The van der Waals surface area contributed by atoms with Crippen molar-refractivity contribution in [2.45, 2.75) is 6.04 Å². The zero-order valence-electron chi connectivity index (χ0n) is 11.1. The summed E-state index contributed by atoms with van der Waals surface area (Å²) in [4.78, 5) is 0. The summed E-state index contributed by atoms with van der Waals surface area (Å²) in [6, 6.07) is 5.86. The van der Waals surface area contributed by atoms with Gasteiger partial charge in [0.25, 0.3) is 0 Å². The van der Waals surface area contributed by atoms with Crippen LogP contribution < -0.4 is 10.9 Å². The van der Waals surface area contributed by atoms with Crippen LogP contribution in [0.25, 0.3) is 17.0 Å². The van der Waals surface area contributed by atoms with Crippen LogP contribution in [0.5, 0.6) is 0 Å². The first-order valence-corrected chi connectivity index (χ1v) is 6.82. The number of halogens is 1. The van der Waals surface area contributed by atoms with Crippen LogP contribution in [-0.4, -0.2) is 22.3 Å². The molecule has 1 aromatic heterocycles. The topological polar surface area (TPSA) is 49.2 Å². The van der Waals surface area contributed by atoms with Crippen LogP contribution in [0.15, 0.2) is 42.2 Å². The molecular formula is C15H16ClN3O. The molecule has 1 aliphatic heterocycles. The van der Waals surface area contributed by atoms with E-state index in [0.717, 1.165) is 27.2 Å². The van der Waals surface area contributed by atoms with E-state index in [4.69, 9.17) is 16.7 Å². The smallest absolute Gasteiger partial charge is 0.0695 e. The molecule has 1 atom stereocenters. The molecule has 2 heterocycles. The van der Waals surface area contributed by atoms with Gasteiger partial charge in [-0.3, -0.25) is 0 Å². The Morgan fingerprint density at radius 3 is 3.00 bits per heavy atom. The van der Waals surface area contributed by atoms with E-state index in [2.05, 4.69) is 21.6 Å². The minimum Gasteiger partial charge on any atom is -0.394 e. The van der Waals surface area contributed by atoms with Gasteiger partial charge in [0.1, 0.15) is 0 Å². The molecule has 0 spiro atoms. The zero-order chi connectivity index (χ0) is 14.1. The van der Waals surface area contributed by atoms with E-state index in [9.17, 15) is 0 Å². The van der Waals surface area contributed by atoms with Gasteiger partial charge in [0.15, 0.2) is 0 Å². The number of nitrogens with zero attached hydrogens (tertiary/aromatic N) is 1. The molecule has 0 saturated carbocycles. The van der Waals surface area contributed by atoms with E-state index in [1.807, 2.05) is 43.5 Å². The van der Waals surface area contributed by atoms with Crippen LogP contribution >= 0.6 is 11.6 Å². The number of hydrazine groups is 1. The maximum Gasteiger partial charge on any atom is 0.0695 e. The van der Waals surface area contributed by atoms with Gasteiger partial charge in [0.2, 0.25) is 0 Å². The molecule has 0 bridgehead atoms. The average Bonchev–Trinajstić information content (AvgIpc) is 3.01. The van der Waals surface area contributed by atoms with Gasteiger partial charge in [-0.25, -0.2) is 5.43 Å². The summed E-state index contributed by atoms with van der Waals surface area (Å²) in [6.07, 6.45) is 8.05. The molecule has 0 radical (unpaired) electrons. The van der Waals surface area contributed by atoms with Crippen LogP contribution in [-0.2, 0) is 7.05 Å². The number of nitrogens with one attached hydrogen (secondary N) is 2. The molecule has 0 amide bonds. The first-order chi connectivity index (χ1) is 9.67. The van der Waals surface area contributed by atoms with Crippen molar-refractivity contribution in [3.63, 3.8) is 0 Å². The lowest BCUT2D eigenvalue weighted by atomic mass is 10.1. The summed E-state index contributed by atoms with van der Waals surface area (Å²) in [6.45, 7) is 0.0776. The Balaban J connectivity index is 1.93. The quantitative estimate of drug-likeness (QED) is 0.812. The van der Waals surface area contributed by atoms with Crippen molar-refractivity contribution in [2.75, 3.05) is 6.61 Å². The molecule has 0 aliphatic carbocycles. The fraction of sp³-hybridized carbons (Fsp3) is 0.200. The third kappa shape index (κ3) is 2.45. The minimum atomic E-state index is -0.0309. The summed E-state index contributed by atoms with van der Waals surface area (Å²) in [7, 11) is 2.02. The lowest BCUT2D eigenvalue weighted by Crippen LogP contribution is -2.33. The third-order valence-electron chi connectivity index (χ3n) is 3.40. The van der Waals surface area contributed by atoms with Crippen molar-refractivity contribution in [1.82, 2.24) is 15.4 Å². The second-order valence-corrected chi connectivity index (χ2v) is 5.31. The number of fused-ring (bicyclic) bond motifs is 1. The summed E-state index contributed by atoms with van der Waals surface area (Å²) in [5.41, 5.74) is 9.21. The van der Waals surface area contributed by atoms with Crippen molar-refractivity contribution < 1.29 is 5.11 Å². The number of aryl methyl sites for hydroxylation is 1. The van der Waals surface area contributed by atoms with E-state index in [1.54, 1.807) is 0 Å². The van der Waals surface area contributed by atoms with Gasteiger partial charge in [-0.15, -0.1) is 0 Å². The molecule has 2 aromatic rings. The van der Waals surface area contributed by atoms with Crippen LogP contribution in [0.4, 0.5) is 0 Å². The van der Waals surface area contributed by atoms with Crippen molar-refractivity contribution in [1.29, 1.82) is 0 Å². The number of benzene rings is 1. The van der Waals surface area contributed by atoms with Crippen LogP contribution in [0.1, 0.15) is 5.56 Å². The van der Waals surface area contributed by atoms with Crippen LogP contribution in [0, 0.1) is 0 Å². The van der Waals surface area contributed by atoms with Gasteiger partial charge in [0, 0.05) is 40.4 Å². The van der Waals surface area contributed by atoms with Crippen molar-refractivity contribution in [2.24, 2.45) is 7.05 Å². The number of aliphatic hydroxyl groups excluding tert-OH is 1. The maximum absolute atomic E-state index is 9.06. The SMILES string of the molecule is Cn1cc(/C=C/C2=CC(CO)NN2)c2cc(Cl)ccc21. The van der Waals surface area contributed by atoms with Gasteiger partial charge < -0.3 is 15.1 Å². The highest BCUT2D eigenvalue weighted by molar-refractivity contribution is 6.31. The van der Waals surface area contributed by atoms with E-state index in [1.165, 1.54) is 0 Å². The maximum atomic E-state index is 9.06. The summed E-state index contributed by atoms with van der Waals surface area (Å²) >= 11 is 6.07. The van der Waals surface area contributed by atoms with Crippen molar-refractivity contribution in [3.8, 4) is 0 Å². The van der Waals surface area contributed by atoms with E-state index < -0.39 is 0 Å². The molecule has 4 nitrogen and oxygen atoms in total. The Morgan fingerprint density at radius 1 is 1.40 bits per heavy atom. The molecular weight excluding hydrogens is 274 g/mol. The van der Waals surface area contributed by atoms with Gasteiger partial charge in [-0.1, -0.05) is 17.7 Å². The molecule has 20 heavy (non-hydrogen) atoms.